The molecule has 13 heteroatoms. The van der Waals surface area contributed by atoms with Gasteiger partial charge in [-0.3, -0.25) is 9.59 Å². The quantitative estimate of drug-likeness (QED) is 0.164. The summed E-state index contributed by atoms with van der Waals surface area (Å²) in [6.07, 6.45) is -7.33. The van der Waals surface area contributed by atoms with Crippen molar-refractivity contribution >= 4 is 23.6 Å². The second kappa shape index (κ2) is 15.8. The predicted octanol–water partition coefficient (Wildman–Crippen LogP) is 3.62. The molecular weight excluding hydrogens is 933 g/mol. The molecule has 3 aliphatic carbocycles. The van der Waals surface area contributed by atoms with E-state index in [1.54, 1.807) is 119 Å². The monoisotopic (exact) mass is 980 g/mol. The van der Waals surface area contributed by atoms with Crippen LogP contribution in [0.3, 0.4) is 0 Å². The van der Waals surface area contributed by atoms with Crippen molar-refractivity contribution in [3.05, 3.63) is 119 Å². The Morgan fingerprint density at radius 1 is 0.875 bits per heavy atom. The Labute approximate surface area is 361 Å². The van der Waals surface area contributed by atoms with E-state index in [0.29, 0.717) is 17.5 Å². The molecule has 12 nitrogen and oxygen atoms in total. The third-order valence-corrected chi connectivity index (χ3v) is 12.8. The Morgan fingerprint density at radius 2 is 1.45 bits per heavy atom. The third-order valence-electron chi connectivity index (χ3n) is 12.8. The summed E-state index contributed by atoms with van der Waals surface area (Å²) in [4.78, 5) is 55.9. The number of fused-ring (bicyclic) bond motifs is 5. The maximum Gasteiger partial charge on any atom is 0.338 e. The molecule has 1 heterocycles. The maximum absolute atomic E-state index is 14.7. The van der Waals surface area contributed by atoms with Crippen molar-refractivity contribution in [3.8, 4) is 0 Å². The van der Waals surface area contributed by atoms with Crippen LogP contribution < -0.4 is 5.32 Å². The minimum absolute atomic E-state index is 0. The van der Waals surface area contributed by atoms with E-state index in [1.165, 1.54) is 0 Å². The molecule has 1 amide bonds. The van der Waals surface area contributed by atoms with Crippen molar-refractivity contribution in [2.45, 2.75) is 94.7 Å². The second-order valence-electron chi connectivity index (χ2n) is 16.1. The standard InChI is InChI=1S/C43H47NO11.Ac/c1-24-28(54-39(50)33(46)31(25-14-8-5-9-15-25)44-37(48)26-16-10-6-11-17-26)22-43(52)36(55-38(49)27-18-12-7-13-19-27)34-41(4,21-20-29-42(34,51)23-53-29)35(47)32(45)30(24)40(43,2)3;/h5-19,28-29,31-34,36,45-46,51-52H,20-23H2,1-4H3,(H,44,48);/t28?,29?,31?,32?,33?,34?,36-,41+,42?,43?;/m0./s1. The van der Waals surface area contributed by atoms with E-state index in [1.807, 2.05) is 0 Å². The number of nitrogens with one attached hydrogen (secondary N) is 1. The van der Waals surface area contributed by atoms with Gasteiger partial charge in [-0.1, -0.05) is 87.5 Å². The zero-order chi connectivity index (χ0) is 39.5. The number of hydrogen-bond acceptors (Lipinski definition) is 11. The number of Topliss-reactive ketones (excluding diaryl/α,β-unsaturated/α-hetero) is 1. The van der Waals surface area contributed by atoms with Crippen LogP contribution in [-0.2, 0) is 23.8 Å². The molecule has 3 aromatic rings. The van der Waals surface area contributed by atoms with Crippen LogP contribution in [0.5, 0.6) is 0 Å². The van der Waals surface area contributed by atoms with E-state index in [0.717, 1.165) is 0 Å². The molecule has 3 fully saturated rings. The number of amides is 1. The van der Waals surface area contributed by atoms with Crippen LogP contribution in [-0.4, -0.2) is 92.4 Å². The number of hydrogen-bond donors (Lipinski definition) is 5. The second-order valence-corrected chi connectivity index (χ2v) is 16.1. The molecule has 0 spiro atoms. The normalized spacial score (nSPS) is 32.7. The molecule has 10 atom stereocenters. The molecule has 7 rings (SSSR count). The van der Waals surface area contributed by atoms with Gasteiger partial charge in [0.15, 0.2) is 11.9 Å². The van der Waals surface area contributed by atoms with Gasteiger partial charge in [-0.15, -0.1) is 0 Å². The number of ketones is 1. The van der Waals surface area contributed by atoms with Gasteiger partial charge >= 0.3 is 11.9 Å². The maximum atomic E-state index is 14.7. The van der Waals surface area contributed by atoms with Crippen molar-refractivity contribution in [1.82, 2.24) is 5.32 Å². The predicted molar refractivity (Wildman–Crippen MR) is 197 cm³/mol. The summed E-state index contributed by atoms with van der Waals surface area (Å²) in [5.41, 5.74) is -5.64. The van der Waals surface area contributed by atoms with Gasteiger partial charge in [-0.2, -0.15) is 0 Å². The molecule has 1 saturated heterocycles. The minimum Gasteiger partial charge on any atom is -0.456 e. The van der Waals surface area contributed by atoms with Crippen molar-refractivity contribution in [1.29, 1.82) is 0 Å². The molecule has 2 saturated carbocycles. The van der Waals surface area contributed by atoms with Crippen LogP contribution in [0.25, 0.3) is 0 Å². The van der Waals surface area contributed by atoms with Gasteiger partial charge in [-0.25, -0.2) is 9.59 Å². The number of aliphatic hydroxyl groups is 4. The first-order valence-corrected chi connectivity index (χ1v) is 18.6. The topological polar surface area (TPSA) is 189 Å². The van der Waals surface area contributed by atoms with Gasteiger partial charge in [0.1, 0.15) is 29.5 Å². The Hall–Kier alpha value is -3.28. The van der Waals surface area contributed by atoms with Gasteiger partial charge in [0.05, 0.1) is 24.3 Å². The van der Waals surface area contributed by atoms with Crippen LogP contribution in [0.1, 0.15) is 79.3 Å². The van der Waals surface area contributed by atoms with E-state index in [-0.39, 0.29) is 73.8 Å². The molecule has 3 aromatic carbocycles. The molecule has 5 N–H and O–H groups in total. The first-order valence-electron chi connectivity index (χ1n) is 18.6. The number of rotatable bonds is 8. The Kier molecular flexibility index (Phi) is 12.0. The molecule has 56 heavy (non-hydrogen) atoms. The average Bonchev–Trinajstić information content (AvgIpc) is 3.17. The van der Waals surface area contributed by atoms with Crippen LogP contribution in [0.4, 0.5) is 0 Å². The van der Waals surface area contributed by atoms with Gasteiger partial charge in [0.25, 0.3) is 5.91 Å². The summed E-state index contributed by atoms with van der Waals surface area (Å²) in [5, 5.41) is 51.9. The zero-order valence-corrected chi connectivity index (χ0v) is 36.5. The summed E-state index contributed by atoms with van der Waals surface area (Å²) in [6, 6.07) is 23.5. The smallest absolute Gasteiger partial charge is 0.338 e. The first kappa shape index (κ1) is 42.3. The Morgan fingerprint density at radius 3 is 2.02 bits per heavy atom. The molecule has 4 aliphatic rings. The van der Waals surface area contributed by atoms with Gasteiger partial charge in [-0.05, 0) is 60.7 Å². The van der Waals surface area contributed by atoms with Gasteiger partial charge in [0.2, 0.25) is 0 Å². The number of esters is 2. The van der Waals surface area contributed by atoms with Crippen LogP contribution in [0.15, 0.2) is 102 Å². The Bertz CT molecular complexity index is 2010. The molecule has 2 bridgehead atoms. The van der Waals surface area contributed by atoms with Gasteiger partial charge in [0, 0.05) is 72.8 Å². The summed E-state index contributed by atoms with van der Waals surface area (Å²) in [6.45, 7) is 6.24. The minimum atomic E-state index is -2.18. The molecule has 293 valence electrons. The number of carbonyl (C=O) groups is 4. The summed E-state index contributed by atoms with van der Waals surface area (Å²) in [7, 11) is 0. The van der Waals surface area contributed by atoms with E-state index in [2.05, 4.69) is 5.32 Å². The molecule has 1 aliphatic heterocycles. The van der Waals surface area contributed by atoms with Crippen molar-refractivity contribution in [2.75, 3.05) is 6.61 Å². The Balaban J connectivity index is 0.00000532. The SMILES string of the molecule is CC1=C2C(O)C(=O)[C@]3(C)CCC4OCC4(O)C3[C@H](OC(=O)c3ccccc3)C(O)(CC1OC(=O)C(O)C(NC(=O)c1ccccc1)c1ccccc1)C2(C)C.[Ac]. The fourth-order valence-electron chi connectivity index (χ4n) is 9.56. The number of ether oxygens (including phenoxy) is 3. The van der Waals surface area contributed by atoms with E-state index >= 15 is 0 Å². The number of aliphatic hydroxyl groups excluding tert-OH is 2. The molecule has 0 aromatic heterocycles. The molecule has 1 radical (unpaired) electrons. The fourth-order valence-corrected chi connectivity index (χ4v) is 9.56. The van der Waals surface area contributed by atoms with E-state index in [9.17, 15) is 39.6 Å². The van der Waals surface area contributed by atoms with E-state index in [4.69, 9.17) is 14.2 Å². The third kappa shape index (κ3) is 6.91. The zero-order valence-electron chi connectivity index (χ0n) is 31.8. The summed E-state index contributed by atoms with van der Waals surface area (Å²) in [5.74, 6) is -4.40. The van der Waals surface area contributed by atoms with Crippen LogP contribution in [0.2, 0.25) is 0 Å². The molecule has 8 unspecified atom stereocenters. The van der Waals surface area contributed by atoms with Crippen molar-refractivity contribution in [2.24, 2.45) is 16.7 Å². The van der Waals surface area contributed by atoms with Crippen LogP contribution in [0, 0.1) is 60.8 Å². The van der Waals surface area contributed by atoms with Crippen LogP contribution >= 0.6 is 0 Å². The average molecular weight is 981 g/mol. The summed E-state index contributed by atoms with van der Waals surface area (Å²) >= 11 is 0. The van der Waals surface area contributed by atoms with E-state index < -0.39 is 94.6 Å². The van der Waals surface area contributed by atoms with Crippen molar-refractivity contribution < 1.29 is 97.9 Å². The van der Waals surface area contributed by atoms with Crippen molar-refractivity contribution in [3.63, 3.8) is 0 Å². The number of benzene rings is 3. The fraction of sp³-hybridized carbons (Fsp3) is 0.442. The largest absolute Gasteiger partial charge is 0.456 e. The number of carbonyl (C=O) groups excluding carboxylic acids is 4. The molecular formula is C43H47AcNO11. The first-order chi connectivity index (χ1) is 26.0. The van der Waals surface area contributed by atoms with Gasteiger partial charge < -0.3 is 40.0 Å². The summed E-state index contributed by atoms with van der Waals surface area (Å²) < 4.78 is 18.0.